The average Bonchev–Trinajstić information content (AvgIpc) is 2.32. The summed E-state index contributed by atoms with van der Waals surface area (Å²) in [5.74, 6) is -4.36. The summed E-state index contributed by atoms with van der Waals surface area (Å²) in [7, 11) is 0. The number of hydrogen-bond acceptors (Lipinski definition) is 6. The highest BCUT2D eigenvalue weighted by Gasteiger charge is 2.30. The molecule has 0 amide bonds. The maximum absolute atomic E-state index is 10.8. The van der Waals surface area contributed by atoms with Gasteiger partial charge in [0, 0.05) is 6.42 Å². The predicted molar refractivity (Wildman–Crippen MR) is 55.8 cm³/mol. The van der Waals surface area contributed by atoms with Crippen LogP contribution in [0.25, 0.3) is 0 Å². The van der Waals surface area contributed by atoms with E-state index in [4.69, 9.17) is 29.5 Å². The lowest BCUT2D eigenvalue weighted by Crippen LogP contribution is -2.32. The Balaban J connectivity index is 2.49. The molecule has 0 aromatic rings. The molecule has 0 radical (unpaired) electrons. The van der Waals surface area contributed by atoms with E-state index >= 15 is 0 Å². The third kappa shape index (κ3) is 5.41. The molecule has 0 aromatic heterocycles. The van der Waals surface area contributed by atoms with Crippen LogP contribution in [0.2, 0.25) is 0 Å². The molecule has 1 aliphatic rings. The van der Waals surface area contributed by atoms with Crippen molar-refractivity contribution in [3.63, 3.8) is 0 Å². The summed E-state index contributed by atoms with van der Waals surface area (Å²) in [4.78, 5) is 31.2. The molecule has 1 heterocycles. The number of rotatable bonds is 4. The number of carboxylic acid groups (broad SMARTS) is 2. The highest BCUT2D eigenvalue weighted by Crippen LogP contribution is 2.12. The summed E-state index contributed by atoms with van der Waals surface area (Å²) in [6.07, 6.45) is -0.953. The van der Waals surface area contributed by atoms with E-state index in [1.54, 1.807) is 0 Å². The van der Waals surface area contributed by atoms with Gasteiger partial charge in [-0.25, -0.2) is 9.78 Å². The van der Waals surface area contributed by atoms with Gasteiger partial charge in [0.1, 0.15) is 12.7 Å². The Hall–Kier alpha value is -1.22. The number of carboxylic acids is 2. The van der Waals surface area contributed by atoms with Gasteiger partial charge < -0.3 is 19.7 Å². The second kappa shape index (κ2) is 7.98. The minimum absolute atomic E-state index is 0.0560. The zero-order valence-corrected chi connectivity index (χ0v) is 9.74. The Bertz CT molecular complexity index is 255. The highest BCUT2D eigenvalue weighted by molar-refractivity contribution is 5.92. The van der Waals surface area contributed by atoms with Crippen molar-refractivity contribution in [2.24, 2.45) is 5.92 Å². The van der Waals surface area contributed by atoms with E-state index in [1.165, 1.54) is 0 Å². The molecule has 1 atom stereocenters. The van der Waals surface area contributed by atoms with Crippen LogP contribution < -0.4 is 0 Å². The van der Waals surface area contributed by atoms with Gasteiger partial charge in [-0.05, 0) is 0 Å². The molecule has 1 aliphatic heterocycles. The predicted octanol–water partition coefficient (Wildman–Crippen LogP) is -0.474. The number of carbonyl (C=O) groups is 2. The minimum atomic E-state index is -1.54. The number of ether oxygens (including phenoxy) is 2. The molecule has 0 aliphatic carbocycles. The van der Waals surface area contributed by atoms with Crippen molar-refractivity contribution in [2.75, 3.05) is 33.0 Å². The molecule has 104 valence electrons. The summed E-state index contributed by atoms with van der Waals surface area (Å²) in [5.41, 5.74) is 0. The normalized spacial score (nSPS) is 22.6. The van der Waals surface area contributed by atoms with E-state index in [-0.39, 0.29) is 19.6 Å². The van der Waals surface area contributed by atoms with Gasteiger partial charge in [0.05, 0.1) is 26.4 Å². The van der Waals surface area contributed by atoms with Crippen molar-refractivity contribution in [1.29, 1.82) is 0 Å². The van der Waals surface area contributed by atoms with Crippen molar-refractivity contribution in [3.05, 3.63) is 0 Å². The fraction of sp³-hybridized carbons (Fsp3) is 0.800. The maximum Gasteiger partial charge on any atom is 0.317 e. The van der Waals surface area contributed by atoms with Gasteiger partial charge in [0.15, 0.2) is 5.92 Å². The molecule has 0 bridgehead atoms. The minimum Gasteiger partial charge on any atom is -0.481 e. The van der Waals surface area contributed by atoms with Crippen LogP contribution in [0.15, 0.2) is 0 Å². The van der Waals surface area contributed by atoms with Crippen LogP contribution in [0.4, 0.5) is 0 Å². The van der Waals surface area contributed by atoms with Crippen LogP contribution in [0.3, 0.4) is 0 Å². The van der Waals surface area contributed by atoms with E-state index in [2.05, 4.69) is 0 Å². The summed E-state index contributed by atoms with van der Waals surface area (Å²) in [6, 6.07) is 0. The Labute approximate surface area is 103 Å². The summed E-state index contributed by atoms with van der Waals surface area (Å²) in [5, 5.41) is 17.5. The highest BCUT2D eigenvalue weighted by atomic mass is 17.2. The molecule has 1 rings (SSSR count). The van der Waals surface area contributed by atoms with E-state index in [0.29, 0.717) is 19.8 Å². The lowest BCUT2D eigenvalue weighted by Gasteiger charge is -2.20. The maximum atomic E-state index is 10.8. The van der Waals surface area contributed by atoms with Crippen LogP contribution in [0.1, 0.15) is 6.42 Å². The second-order valence-corrected chi connectivity index (χ2v) is 3.69. The van der Waals surface area contributed by atoms with Crippen LogP contribution in [0, 0.1) is 5.92 Å². The first-order valence-corrected chi connectivity index (χ1v) is 5.50. The standard InChI is InChI=1S/C10H16O8/c11-9(12)8(10(13)14)5-7-6-16-2-1-15-3-4-17-18-7/h7-8H,1-6H2,(H,11,12)(H,13,14). The van der Waals surface area contributed by atoms with Gasteiger partial charge in [-0.3, -0.25) is 9.59 Å². The Kier molecular flexibility index (Phi) is 6.58. The van der Waals surface area contributed by atoms with Crippen molar-refractivity contribution < 1.29 is 39.1 Å². The third-order valence-electron chi connectivity index (χ3n) is 2.29. The van der Waals surface area contributed by atoms with Gasteiger partial charge in [-0.2, -0.15) is 0 Å². The number of aliphatic carboxylic acids is 2. The summed E-state index contributed by atoms with van der Waals surface area (Å²) < 4.78 is 10.3. The average molecular weight is 264 g/mol. The van der Waals surface area contributed by atoms with Gasteiger partial charge in [-0.1, -0.05) is 0 Å². The van der Waals surface area contributed by atoms with Crippen molar-refractivity contribution >= 4 is 11.9 Å². The van der Waals surface area contributed by atoms with Gasteiger partial charge in [0.25, 0.3) is 0 Å². The summed E-state index contributed by atoms with van der Waals surface area (Å²) >= 11 is 0. The molecule has 2 N–H and O–H groups in total. The molecule has 8 heteroatoms. The molecular formula is C10H16O8. The third-order valence-corrected chi connectivity index (χ3v) is 2.29. The lowest BCUT2D eigenvalue weighted by atomic mass is 10.0. The van der Waals surface area contributed by atoms with Gasteiger partial charge in [-0.15, -0.1) is 0 Å². The Morgan fingerprint density at radius 2 is 1.67 bits per heavy atom. The van der Waals surface area contributed by atoms with E-state index < -0.39 is 24.0 Å². The van der Waals surface area contributed by atoms with Crippen LogP contribution in [-0.2, 0) is 28.8 Å². The fourth-order valence-electron chi connectivity index (χ4n) is 1.38. The molecule has 0 saturated carbocycles. The van der Waals surface area contributed by atoms with Gasteiger partial charge in [0.2, 0.25) is 0 Å². The molecule has 18 heavy (non-hydrogen) atoms. The van der Waals surface area contributed by atoms with Crippen molar-refractivity contribution in [3.8, 4) is 0 Å². The quantitative estimate of drug-likeness (QED) is 0.517. The van der Waals surface area contributed by atoms with Crippen LogP contribution in [0.5, 0.6) is 0 Å². The summed E-state index contributed by atoms with van der Waals surface area (Å²) in [6.45, 7) is 1.32. The Morgan fingerprint density at radius 1 is 1.06 bits per heavy atom. The monoisotopic (exact) mass is 264 g/mol. The molecule has 0 aromatic carbocycles. The zero-order chi connectivity index (χ0) is 13.4. The van der Waals surface area contributed by atoms with Crippen LogP contribution in [-0.4, -0.2) is 61.3 Å². The molecule has 1 fully saturated rings. The molecule has 1 unspecified atom stereocenters. The van der Waals surface area contributed by atoms with Crippen LogP contribution >= 0.6 is 0 Å². The number of hydrogen-bond donors (Lipinski definition) is 2. The molecular weight excluding hydrogens is 248 g/mol. The Morgan fingerprint density at radius 3 is 2.33 bits per heavy atom. The first-order valence-electron chi connectivity index (χ1n) is 5.50. The van der Waals surface area contributed by atoms with E-state index in [0.717, 1.165) is 0 Å². The largest absolute Gasteiger partial charge is 0.481 e. The lowest BCUT2D eigenvalue weighted by molar-refractivity contribution is -0.339. The fourth-order valence-corrected chi connectivity index (χ4v) is 1.38. The smallest absolute Gasteiger partial charge is 0.317 e. The first-order chi connectivity index (χ1) is 8.61. The topological polar surface area (TPSA) is 112 Å². The SMILES string of the molecule is O=C(O)C(CC1COCCOCCOO1)C(=O)O. The molecule has 1 saturated heterocycles. The van der Waals surface area contributed by atoms with Crippen molar-refractivity contribution in [1.82, 2.24) is 0 Å². The molecule has 8 nitrogen and oxygen atoms in total. The first kappa shape index (κ1) is 14.8. The molecule has 0 spiro atoms. The van der Waals surface area contributed by atoms with Crippen molar-refractivity contribution in [2.45, 2.75) is 12.5 Å². The van der Waals surface area contributed by atoms with E-state index in [9.17, 15) is 9.59 Å². The second-order valence-electron chi connectivity index (χ2n) is 3.69. The zero-order valence-electron chi connectivity index (χ0n) is 9.74. The van der Waals surface area contributed by atoms with Gasteiger partial charge >= 0.3 is 11.9 Å². The van der Waals surface area contributed by atoms with E-state index in [1.807, 2.05) is 0 Å².